The quantitative estimate of drug-likeness (QED) is 0.261. The molecule has 0 bridgehead atoms. The van der Waals surface area contributed by atoms with E-state index < -0.39 is 13.1 Å². The molecule has 0 spiro atoms. The first-order chi connectivity index (χ1) is 13.7. The highest BCUT2D eigenvalue weighted by Gasteiger charge is 2.32. The van der Waals surface area contributed by atoms with Crippen LogP contribution in [-0.2, 0) is 17.4 Å². The fraction of sp³-hybridized carbons (Fsp3) is 0.739. The highest BCUT2D eigenvalue weighted by molar-refractivity contribution is 7.51. The van der Waals surface area contributed by atoms with Gasteiger partial charge in [-0.25, -0.2) is 0 Å². The van der Waals surface area contributed by atoms with Crippen molar-refractivity contribution in [2.75, 3.05) is 26.9 Å². The van der Waals surface area contributed by atoms with Gasteiger partial charge in [-0.15, -0.1) is 0 Å². The van der Waals surface area contributed by atoms with E-state index in [1.807, 2.05) is 19.0 Å². The van der Waals surface area contributed by atoms with Crippen LogP contribution >= 0.6 is 7.60 Å². The van der Waals surface area contributed by atoms with Crippen LogP contribution in [0.4, 0.5) is 0 Å². The lowest BCUT2D eigenvalue weighted by Crippen LogP contribution is -2.48. The van der Waals surface area contributed by atoms with Crippen molar-refractivity contribution in [1.29, 1.82) is 0 Å². The third-order valence-corrected chi connectivity index (χ3v) is 6.95. The molecule has 0 saturated heterocycles. The molecule has 1 aromatic carbocycles. The van der Waals surface area contributed by atoms with Gasteiger partial charge in [0, 0.05) is 11.7 Å². The molecule has 0 aliphatic heterocycles. The van der Waals surface area contributed by atoms with Crippen LogP contribution in [0.3, 0.4) is 0 Å². The van der Waals surface area contributed by atoms with Crippen molar-refractivity contribution < 1.29 is 19.5 Å². The molecule has 0 amide bonds. The Hall–Kier alpha value is -0.710. The third-order valence-electron chi connectivity index (χ3n) is 6.06. The monoisotopic (exact) mass is 427 g/mol. The number of rotatable bonds is 16. The first kappa shape index (κ1) is 26.3. The standard InChI is InChI=1S/C23H42NO4P/c1-4-5-6-7-8-9-11-21-12-14-22(15-13-21)16-18-23(20-25,24(2)3)17-10-19-29(26,27)28/h12-15,25H,4-11,16-20H2,1-3H3,(H2,26,27,28). The average Bonchev–Trinajstić information content (AvgIpc) is 2.67. The maximum Gasteiger partial charge on any atom is 0.325 e. The van der Waals surface area contributed by atoms with Gasteiger partial charge in [-0.05, 0) is 63.7 Å². The summed E-state index contributed by atoms with van der Waals surface area (Å²) in [7, 11) is -0.137. The Bertz CT molecular complexity index is 599. The van der Waals surface area contributed by atoms with E-state index in [0.717, 1.165) is 19.3 Å². The van der Waals surface area contributed by atoms with E-state index in [0.29, 0.717) is 12.8 Å². The first-order valence-electron chi connectivity index (χ1n) is 11.1. The Morgan fingerprint density at radius 1 is 0.862 bits per heavy atom. The molecule has 0 aromatic heterocycles. The maximum absolute atomic E-state index is 11.1. The molecule has 1 unspecified atom stereocenters. The molecule has 6 heteroatoms. The second-order valence-corrected chi connectivity index (χ2v) is 10.4. The minimum absolute atomic E-state index is 0.0166. The predicted molar refractivity (Wildman–Crippen MR) is 121 cm³/mol. The molecule has 0 radical (unpaired) electrons. The number of aryl methyl sites for hydroxylation is 2. The van der Waals surface area contributed by atoms with Crippen LogP contribution in [0.2, 0.25) is 0 Å². The van der Waals surface area contributed by atoms with E-state index >= 15 is 0 Å². The van der Waals surface area contributed by atoms with Gasteiger partial charge in [-0.1, -0.05) is 63.3 Å². The third kappa shape index (κ3) is 10.8. The largest absolute Gasteiger partial charge is 0.394 e. The molecule has 0 heterocycles. The van der Waals surface area contributed by atoms with Crippen molar-refractivity contribution in [2.45, 2.75) is 83.1 Å². The maximum atomic E-state index is 11.1. The minimum Gasteiger partial charge on any atom is -0.394 e. The van der Waals surface area contributed by atoms with Crippen LogP contribution in [0.5, 0.6) is 0 Å². The summed E-state index contributed by atoms with van der Waals surface area (Å²) in [6.45, 7) is 2.23. The molecular weight excluding hydrogens is 385 g/mol. The molecule has 0 aliphatic rings. The number of aliphatic hydroxyl groups is 1. The highest BCUT2D eigenvalue weighted by Crippen LogP contribution is 2.37. The van der Waals surface area contributed by atoms with Gasteiger partial charge in [-0.2, -0.15) is 0 Å². The second kappa shape index (κ2) is 13.6. The molecule has 1 rings (SSSR count). The van der Waals surface area contributed by atoms with Gasteiger partial charge in [-0.3, -0.25) is 4.57 Å². The van der Waals surface area contributed by atoms with Gasteiger partial charge in [0.1, 0.15) is 0 Å². The summed E-state index contributed by atoms with van der Waals surface area (Å²) in [4.78, 5) is 20.2. The number of nitrogens with zero attached hydrogens (tertiary/aromatic N) is 1. The Morgan fingerprint density at radius 3 is 1.93 bits per heavy atom. The number of aliphatic hydroxyl groups excluding tert-OH is 1. The van der Waals surface area contributed by atoms with Crippen molar-refractivity contribution in [2.24, 2.45) is 0 Å². The summed E-state index contributed by atoms with van der Waals surface area (Å²) in [5.74, 6) is 0. The minimum atomic E-state index is -3.99. The summed E-state index contributed by atoms with van der Waals surface area (Å²) in [5.41, 5.74) is 2.17. The van der Waals surface area contributed by atoms with Crippen molar-refractivity contribution >= 4 is 7.60 Å². The number of unbranched alkanes of at least 4 members (excludes halogenated alkanes) is 5. The van der Waals surface area contributed by atoms with Gasteiger partial charge in [0.15, 0.2) is 0 Å². The van der Waals surface area contributed by atoms with E-state index in [2.05, 4.69) is 31.2 Å². The van der Waals surface area contributed by atoms with Crippen LogP contribution in [0.1, 0.15) is 75.8 Å². The van der Waals surface area contributed by atoms with Gasteiger partial charge in [0.05, 0.1) is 6.61 Å². The molecule has 29 heavy (non-hydrogen) atoms. The van der Waals surface area contributed by atoms with Crippen LogP contribution < -0.4 is 0 Å². The SMILES string of the molecule is CCCCCCCCc1ccc(CCC(CO)(CCCP(=O)(O)O)N(C)C)cc1. The fourth-order valence-electron chi connectivity index (χ4n) is 3.84. The Balaban J connectivity index is 2.51. The second-order valence-electron chi connectivity index (χ2n) is 8.60. The van der Waals surface area contributed by atoms with Crippen molar-refractivity contribution in [3.05, 3.63) is 35.4 Å². The molecule has 5 nitrogen and oxygen atoms in total. The summed E-state index contributed by atoms with van der Waals surface area (Å²) in [5, 5.41) is 10.0. The molecule has 0 fully saturated rings. The Morgan fingerprint density at radius 2 is 1.41 bits per heavy atom. The highest BCUT2D eigenvalue weighted by atomic mass is 31.2. The van der Waals surface area contributed by atoms with E-state index in [4.69, 9.17) is 9.79 Å². The average molecular weight is 428 g/mol. The predicted octanol–water partition coefficient (Wildman–Crippen LogP) is 4.77. The molecule has 1 atom stereocenters. The number of likely N-dealkylation sites (N-methyl/N-ethyl adjacent to an activating group) is 1. The summed E-state index contributed by atoms with van der Waals surface area (Å²) < 4.78 is 11.1. The summed E-state index contributed by atoms with van der Waals surface area (Å²) >= 11 is 0. The lowest BCUT2D eigenvalue weighted by atomic mass is 9.86. The number of hydrogen-bond acceptors (Lipinski definition) is 3. The van der Waals surface area contributed by atoms with Crippen LogP contribution in [0.25, 0.3) is 0 Å². The van der Waals surface area contributed by atoms with Crippen LogP contribution in [0.15, 0.2) is 24.3 Å². The summed E-state index contributed by atoms with van der Waals surface area (Å²) in [6.07, 6.45) is 11.4. The lowest BCUT2D eigenvalue weighted by molar-refractivity contribution is 0.0520. The van der Waals surface area contributed by atoms with Crippen LogP contribution in [-0.4, -0.2) is 52.2 Å². The molecular formula is C23H42NO4P. The lowest BCUT2D eigenvalue weighted by Gasteiger charge is -2.39. The van der Waals surface area contributed by atoms with E-state index in [9.17, 15) is 9.67 Å². The topological polar surface area (TPSA) is 81.0 Å². The van der Waals surface area contributed by atoms with Gasteiger partial charge < -0.3 is 19.8 Å². The van der Waals surface area contributed by atoms with Crippen molar-refractivity contribution in [3.8, 4) is 0 Å². The first-order valence-corrected chi connectivity index (χ1v) is 12.9. The zero-order valence-electron chi connectivity index (χ0n) is 18.6. The van der Waals surface area contributed by atoms with E-state index in [1.54, 1.807) is 0 Å². The normalized spacial score (nSPS) is 14.3. The van der Waals surface area contributed by atoms with Crippen molar-refractivity contribution in [1.82, 2.24) is 4.90 Å². The van der Waals surface area contributed by atoms with Crippen molar-refractivity contribution in [3.63, 3.8) is 0 Å². The van der Waals surface area contributed by atoms with E-state index in [-0.39, 0.29) is 12.8 Å². The molecule has 0 aliphatic carbocycles. The van der Waals surface area contributed by atoms with Gasteiger partial charge >= 0.3 is 7.60 Å². The van der Waals surface area contributed by atoms with E-state index in [1.165, 1.54) is 49.7 Å². The molecule has 168 valence electrons. The summed E-state index contributed by atoms with van der Waals surface area (Å²) in [6, 6.07) is 8.79. The molecule has 0 saturated carbocycles. The van der Waals surface area contributed by atoms with Gasteiger partial charge in [0.2, 0.25) is 0 Å². The zero-order chi connectivity index (χ0) is 21.8. The molecule has 1 aromatic rings. The molecule has 3 N–H and O–H groups in total. The number of hydrogen-bond donors (Lipinski definition) is 3. The van der Waals surface area contributed by atoms with Crippen LogP contribution in [0, 0.1) is 0 Å². The Labute approximate surface area is 177 Å². The Kier molecular flexibility index (Phi) is 12.3. The smallest absolute Gasteiger partial charge is 0.325 e. The fourth-order valence-corrected chi connectivity index (χ4v) is 4.41. The zero-order valence-corrected chi connectivity index (χ0v) is 19.5. The number of benzene rings is 1. The van der Waals surface area contributed by atoms with Gasteiger partial charge in [0.25, 0.3) is 0 Å².